The maximum absolute atomic E-state index is 11.6. The minimum Gasteiger partial charge on any atom is -0.383 e. The maximum atomic E-state index is 11.6. The molecule has 0 spiro atoms. The van der Waals surface area contributed by atoms with Crippen LogP contribution in [-0.4, -0.2) is 44.8 Å². The van der Waals surface area contributed by atoms with E-state index in [0.29, 0.717) is 13.2 Å². The summed E-state index contributed by atoms with van der Waals surface area (Å²) in [6.45, 7) is 0.920. The number of carbonyl (C=O) groups excluding carboxylic acids is 2. The van der Waals surface area contributed by atoms with Crippen LogP contribution in [-0.2, 0) is 9.53 Å². The number of hydrogen-bond acceptors (Lipinski definition) is 3. The molecule has 0 aromatic rings. The van der Waals surface area contributed by atoms with E-state index in [4.69, 9.17) is 4.74 Å². The largest absolute Gasteiger partial charge is 0.383 e. The fourth-order valence-electron chi connectivity index (χ4n) is 2.02. The Morgan fingerprint density at radius 1 is 1.17 bits per heavy atom. The molecule has 0 radical (unpaired) electrons. The lowest BCUT2D eigenvalue weighted by molar-refractivity contribution is -0.121. The van der Waals surface area contributed by atoms with Gasteiger partial charge in [0.1, 0.15) is 0 Å². The Kier molecular flexibility index (Phi) is 7.17. The SMILES string of the molecule is COCCNC(=O)NCC(=O)NC1CCCCC1. The Labute approximate surface area is 108 Å². The van der Waals surface area contributed by atoms with Crippen LogP contribution < -0.4 is 16.0 Å². The standard InChI is InChI=1S/C12H23N3O3/c1-18-8-7-13-12(17)14-9-11(16)15-10-5-3-2-4-6-10/h10H,2-9H2,1H3,(H,15,16)(H2,13,14,17). The Morgan fingerprint density at radius 3 is 2.56 bits per heavy atom. The molecule has 0 bridgehead atoms. The Hall–Kier alpha value is -1.30. The first-order chi connectivity index (χ1) is 8.72. The van der Waals surface area contributed by atoms with Gasteiger partial charge in [-0.3, -0.25) is 4.79 Å². The summed E-state index contributed by atoms with van der Waals surface area (Å²) >= 11 is 0. The van der Waals surface area contributed by atoms with E-state index in [2.05, 4.69) is 16.0 Å². The van der Waals surface area contributed by atoms with Crippen LogP contribution in [0.5, 0.6) is 0 Å². The van der Waals surface area contributed by atoms with Crippen LogP contribution in [0.25, 0.3) is 0 Å². The number of ether oxygens (including phenoxy) is 1. The Bertz CT molecular complexity index is 265. The second kappa shape index (κ2) is 8.74. The van der Waals surface area contributed by atoms with Crippen LogP contribution in [0.2, 0.25) is 0 Å². The van der Waals surface area contributed by atoms with Gasteiger partial charge >= 0.3 is 6.03 Å². The molecule has 3 amide bonds. The molecule has 3 N–H and O–H groups in total. The van der Waals surface area contributed by atoms with Crippen molar-refractivity contribution in [3.05, 3.63) is 0 Å². The number of amides is 3. The highest BCUT2D eigenvalue weighted by molar-refractivity contribution is 5.84. The van der Waals surface area contributed by atoms with Crippen LogP contribution in [0.15, 0.2) is 0 Å². The van der Waals surface area contributed by atoms with Gasteiger partial charge in [-0.1, -0.05) is 19.3 Å². The van der Waals surface area contributed by atoms with Gasteiger partial charge in [-0.2, -0.15) is 0 Å². The summed E-state index contributed by atoms with van der Waals surface area (Å²) in [4.78, 5) is 22.8. The third-order valence-electron chi connectivity index (χ3n) is 2.97. The van der Waals surface area contributed by atoms with Gasteiger partial charge in [0.15, 0.2) is 0 Å². The average molecular weight is 257 g/mol. The van der Waals surface area contributed by atoms with Crippen molar-refractivity contribution < 1.29 is 14.3 Å². The summed E-state index contributed by atoms with van der Waals surface area (Å²) in [5.41, 5.74) is 0. The highest BCUT2D eigenvalue weighted by Crippen LogP contribution is 2.16. The fourth-order valence-corrected chi connectivity index (χ4v) is 2.02. The number of methoxy groups -OCH3 is 1. The quantitative estimate of drug-likeness (QED) is 0.602. The molecule has 0 aromatic heterocycles. The zero-order valence-electron chi connectivity index (χ0n) is 11.0. The lowest BCUT2D eigenvalue weighted by atomic mass is 9.95. The van der Waals surface area contributed by atoms with Crippen LogP contribution in [0.4, 0.5) is 4.79 Å². The molecular weight excluding hydrogens is 234 g/mol. The molecular formula is C12H23N3O3. The third kappa shape index (κ3) is 6.44. The topological polar surface area (TPSA) is 79.5 Å². The summed E-state index contributed by atoms with van der Waals surface area (Å²) in [5.74, 6) is -0.121. The van der Waals surface area contributed by atoms with Crippen LogP contribution in [0.3, 0.4) is 0 Å². The second-order valence-electron chi connectivity index (χ2n) is 4.50. The number of urea groups is 1. The van der Waals surface area contributed by atoms with E-state index in [0.717, 1.165) is 12.8 Å². The molecule has 6 heteroatoms. The van der Waals surface area contributed by atoms with Crippen LogP contribution >= 0.6 is 0 Å². The van der Waals surface area contributed by atoms with E-state index < -0.39 is 0 Å². The molecule has 1 fully saturated rings. The summed E-state index contributed by atoms with van der Waals surface area (Å²) in [5, 5.41) is 8.04. The maximum Gasteiger partial charge on any atom is 0.315 e. The molecule has 0 atom stereocenters. The van der Waals surface area contributed by atoms with Crippen molar-refractivity contribution in [3.8, 4) is 0 Å². The van der Waals surface area contributed by atoms with Crippen LogP contribution in [0.1, 0.15) is 32.1 Å². The van der Waals surface area contributed by atoms with Gasteiger partial charge in [0.25, 0.3) is 0 Å². The number of hydrogen-bond donors (Lipinski definition) is 3. The Morgan fingerprint density at radius 2 is 1.89 bits per heavy atom. The summed E-state index contributed by atoms with van der Waals surface area (Å²) in [6, 6.07) is -0.0598. The van der Waals surface area contributed by atoms with E-state index in [9.17, 15) is 9.59 Å². The normalized spacial score (nSPS) is 16.1. The molecule has 1 rings (SSSR count). The van der Waals surface area contributed by atoms with Crippen molar-refractivity contribution in [1.29, 1.82) is 0 Å². The first kappa shape index (κ1) is 14.8. The lowest BCUT2D eigenvalue weighted by Crippen LogP contribution is -2.45. The van der Waals surface area contributed by atoms with Crippen molar-refractivity contribution in [2.75, 3.05) is 26.8 Å². The lowest BCUT2D eigenvalue weighted by Gasteiger charge is -2.22. The van der Waals surface area contributed by atoms with Gasteiger partial charge in [-0.15, -0.1) is 0 Å². The zero-order valence-corrected chi connectivity index (χ0v) is 11.0. The van der Waals surface area contributed by atoms with Gasteiger partial charge in [0.05, 0.1) is 13.2 Å². The van der Waals surface area contributed by atoms with Gasteiger partial charge in [-0.25, -0.2) is 4.79 Å². The number of rotatable bonds is 6. The highest BCUT2D eigenvalue weighted by Gasteiger charge is 2.15. The monoisotopic (exact) mass is 257 g/mol. The first-order valence-corrected chi connectivity index (χ1v) is 6.52. The molecule has 0 aromatic carbocycles. The molecule has 0 unspecified atom stereocenters. The minimum atomic E-state index is -0.342. The van der Waals surface area contributed by atoms with Gasteiger partial charge in [0.2, 0.25) is 5.91 Å². The Balaban J connectivity index is 2.06. The van der Waals surface area contributed by atoms with Crippen molar-refractivity contribution in [2.24, 2.45) is 0 Å². The number of nitrogens with one attached hydrogen (secondary N) is 3. The van der Waals surface area contributed by atoms with Crippen molar-refractivity contribution >= 4 is 11.9 Å². The van der Waals surface area contributed by atoms with E-state index in [1.54, 1.807) is 7.11 Å². The van der Waals surface area contributed by atoms with Crippen molar-refractivity contribution in [2.45, 2.75) is 38.1 Å². The van der Waals surface area contributed by atoms with Crippen molar-refractivity contribution in [1.82, 2.24) is 16.0 Å². The summed E-state index contributed by atoms with van der Waals surface area (Å²) < 4.78 is 4.80. The van der Waals surface area contributed by atoms with E-state index in [1.165, 1.54) is 19.3 Å². The fraction of sp³-hybridized carbons (Fsp3) is 0.833. The third-order valence-corrected chi connectivity index (χ3v) is 2.97. The highest BCUT2D eigenvalue weighted by atomic mass is 16.5. The average Bonchev–Trinajstić information content (AvgIpc) is 2.38. The molecule has 1 saturated carbocycles. The molecule has 0 saturated heterocycles. The van der Waals surface area contributed by atoms with E-state index in [1.807, 2.05) is 0 Å². The molecule has 0 heterocycles. The second-order valence-corrected chi connectivity index (χ2v) is 4.50. The first-order valence-electron chi connectivity index (χ1n) is 6.52. The van der Waals surface area contributed by atoms with Gasteiger partial charge in [-0.05, 0) is 12.8 Å². The smallest absolute Gasteiger partial charge is 0.315 e. The molecule has 1 aliphatic carbocycles. The molecule has 104 valence electrons. The van der Waals surface area contributed by atoms with Gasteiger partial charge in [0, 0.05) is 19.7 Å². The summed E-state index contributed by atoms with van der Waals surface area (Å²) in [7, 11) is 1.57. The molecule has 1 aliphatic rings. The summed E-state index contributed by atoms with van der Waals surface area (Å²) in [6.07, 6.45) is 5.70. The van der Waals surface area contributed by atoms with Crippen molar-refractivity contribution in [3.63, 3.8) is 0 Å². The van der Waals surface area contributed by atoms with E-state index >= 15 is 0 Å². The van der Waals surface area contributed by atoms with Crippen LogP contribution in [0, 0.1) is 0 Å². The molecule has 18 heavy (non-hydrogen) atoms. The predicted molar refractivity (Wildman–Crippen MR) is 68.3 cm³/mol. The molecule has 0 aliphatic heterocycles. The minimum absolute atomic E-state index is 0.0231. The van der Waals surface area contributed by atoms with Gasteiger partial charge < -0.3 is 20.7 Å². The molecule has 6 nitrogen and oxygen atoms in total. The predicted octanol–water partition coefficient (Wildman–Crippen LogP) is 0.381. The zero-order chi connectivity index (χ0) is 13.2. The van der Waals surface area contributed by atoms with E-state index in [-0.39, 0.29) is 24.5 Å². The number of carbonyl (C=O) groups is 2.